The molecule has 0 unspecified atom stereocenters. The fraction of sp³-hybridized carbons (Fsp3) is 0.263. The van der Waals surface area contributed by atoms with E-state index in [9.17, 15) is 9.18 Å². The molecule has 2 rings (SSSR count). The van der Waals surface area contributed by atoms with Gasteiger partial charge in [0.1, 0.15) is 5.82 Å². The lowest BCUT2D eigenvalue weighted by molar-refractivity contribution is -0.127. The molecule has 126 valence electrons. The number of hydrogen-bond donors (Lipinski definition) is 0. The molecule has 0 saturated heterocycles. The van der Waals surface area contributed by atoms with Gasteiger partial charge in [-0.05, 0) is 42.3 Å². The van der Waals surface area contributed by atoms with E-state index in [-0.39, 0.29) is 11.7 Å². The first-order chi connectivity index (χ1) is 11.6. The van der Waals surface area contributed by atoms with Crippen molar-refractivity contribution in [2.24, 2.45) is 0 Å². The van der Waals surface area contributed by atoms with E-state index in [0.29, 0.717) is 19.7 Å². The highest BCUT2D eigenvalue weighted by atomic mass is 19.1. The number of pyridine rings is 1. The minimum Gasteiger partial charge on any atom is -0.383 e. The van der Waals surface area contributed by atoms with Gasteiger partial charge in [0.05, 0.1) is 18.8 Å². The van der Waals surface area contributed by atoms with E-state index < -0.39 is 0 Å². The molecule has 0 radical (unpaired) electrons. The van der Waals surface area contributed by atoms with Gasteiger partial charge < -0.3 is 9.64 Å². The predicted molar refractivity (Wildman–Crippen MR) is 91.6 cm³/mol. The van der Waals surface area contributed by atoms with Gasteiger partial charge in [-0.3, -0.25) is 9.78 Å². The summed E-state index contributed by atoms with van der Waals surface area (Å²) in [6.07, 6.45) is 3.26. The van der Waals surface area contributed by atoms with Crippen molar-refractivity contribution in [2.45, 2.75) is 13.5 Å². The average molecular weight is 328 g/mol. The highest BCUT2D eigenvalue weighted by Gasteiger charge is 2.13. The van der Waals surface area contributed by atoms with Crippen LogP contribution in [-0.2, 0) is 16.1 Å². The van der Waals surface area contributed by atoms with E-state index in [1.807, 2.05) is 25.1 Å². The van der Waals surface area contributed by atoms with Crippen LogP contribution in [0.3, 0.4) is 0 Å². The fourth-order valence-corrected chi connectivity index (χ4v) is 2.23. The van der Waals surface area contributed by atoms with Crippen LogP contribution >= 0.6 is 0 Å². The van der Waals surface area contributed by atoms with Gasteiger partial charge in [-0.2, -0.15) is 0 Å². The normalized spacial score (nSPS) is 11.4. The zero-order valence-electron chi connectivity index (χ0n) is 13.9. The molecule has 1 aromatic carbocycles. The summed E-state index contributed by atoms with van der Waals surface area (Å²) >= 11 is 0. The minimum absolute atomic E-state index is 0.125. The average Bonchev–Trinajstić information content (AvgIpc) is 2.60. The SMILES string of the molecule is COCCN(Cc1ccccn1)C(=O)C=C(C)c1ccc(F)cc1. The molecule has 0 atom stereocenters. The number of methoxy groups -OCH3 is 1. The van der Waals surface area contributed by atoms with Crippen LogP contribution in [0.15, 0.2) is 54.7 Å². The number of rotatable bonds is 7. The summed E-state index contributed by atoms with van der Waals surface area (Å²) in [6, 6.07) is 11.7. The van der Waals surface area contributed by atoms with Crippen LogP contribution in [0.1, 0.15) is 18.2 Å². The van der Waals surface area contributed by atoms with Crippen LogP contribution in [0, 0.1) is 5.82 Å². The second-order valence-electron chi connectivity index (χ2n) is 5.41. The van der Waals surface area contributed by atoms with Crippen molar-refractivity contribution in [3.63, 3.8) is 0 Å². The number of amides is 1. The number of nitrogens with zero attached hydrogens (tertiary/aromatic N) is 2. The van der Waals surface area contributed by atoms with Gasteiger partial charge in [-0.25, -0.2) is 4.39 Å². The van der Waals surface area contributed by atoms with Gasteiger partial charge in [0.15, 0.2) is 0 Å². The van der Waals surface area contributed by atoms with Crippen molar-refractivity contribution in [3.8, 4) is 0 Å². The number of carbonyl (C=O) groups is 1. The van der Waals surface area contributed by atoms with E-state index in [1.54, 1.807) is 36.4 Å². The molecule has 0 fully saturated rings. The Morgan fingerprint density at radius 2 is 2.00 bits per heavy atom. The monoisotopic (exact) mass is 328 g/mol. The number of aromatic nitrogens is 1. The maximum atomic E-state index is 13.0. The zero-order chi connectivity index (χ0) is 17.4. The lowest BCUT2D eigenvalue weighted by Crippen LogP contribution is -2.32. The smallest absolute Gasteiger partial charge is 0.247 e. The molecule has 0 N–H and O–H groups in total. The maximum Gasteiger partial charge on any atom is 0.247 e. The Kier molecular flexibility index (Phi) is 6.63. The number of hydrogen-bond acceptors (Lipinski definition) is 3. The van der Waals surface area contributed by atoms with Crippen LogP contribution in [0.2, 0.25) is 0 Å². The molecular formula is C19H21FN2O2. The predicted octanol–water partition coefficient (Wildman–Crippen LogP) is 3.30. The summed E-state index contributed by atoms with van der Waals surface area (Å²) in [4.78, 5) is 18.5. The van der Waals surface area contributed by atoms with Crippen LogP contribution in [0.5, 0.6) is 0 Å². The molecule has 0 saturated carbocycles. The van der Waals surface area contributed by atoms with Crippen LogP contribution in [0.4, 0.5) is 4.39 Å². The van der Waals surface area contributed by atoms with E-state index in [0.717, 1.165) is 16.8 Å². The molecule has 24 heavy (non-hydrogen) atoms. The molecule has 1 heterocycles. The summed E-state index contributed by atoms with van der Waals surface area (Å²) in [5.74, 6) is -0.422. The molecule has 2 aromatic rings. The number of allylic oxidation sites excluding steroid dienone is 1. The quantitative estimate of drug-likeness (QED) is 0.733. The Balaban J connectivity index is 2.14. The van der Waals surface area contributed by atoms with Crippen molar-refractivity contribution >= 4 is 11.5 Å². The maximum absolute atomic E-state index is 13.0. The highest BCUT2D eigenvalue weighted by molar-refractivity contribution is 5.94. The van der Waals surface area contributed by atoms with Crippen LogP contribution < -0.4 is 0 Å². The van der Waals surface area contributed by atoms with Crippen molar-refractivity contribution in [1.29, 1.82) is 0 Å². The molecule has 5 heteroatoms. The van der Waals surface area contributed by atoms with Gasteiger partial charge in [0.25, 0.3) is 0 Å². The van der Waals surface area contributed by atoms with E-state index in [4.69, 9.17) is 4.74 Å². The minimum atomic E-state index is -0.297. The number of carbonyl (C=O) groups excluding carboxylic acids is 1. The van der Waals surface area contributed by atoms with Gasteiger partial charge in [0.2, 0.25) is 5.91 Å². The number of halogens is 1. The highest BCUT2D eigenvalue weighted by Crippen LogP contribution is 2.15. The zero-order valence-corrected chi connectivity index (χ0v) is 13.9. The summed E-state index contributed by atoms with van der Waals surface area (Å²) < 4.78 is 18.1. The summed E-state index contributed by atoms with van der Waals surface area (Å²) in [6.45, 7) is 3.16. The van der Waals surface area contributed by atoms with Crippen molar-refractivity contribution in [1.82, 2.24) is 9.88 Å². The van der Waals surface area contributed by atoms with Crippen LogP contribution in [0.25, 0.3) is 5.57 Å². The van der Waals surface area contributed by atoms with Gasteiger partial charge in [-0.1, -0.05) is 18.2 Å². The Hall–Kier alpha value is -2.53. The Labute approximate surface area is 141 Å². The molecule has 0 aliphatic heterocycles. The van der Waals surface area contributed by atoms with E-state index >= 15 is 0 Å². The molecule has 1 aromatic heterocycles. The molecule has 0 aliphatic carbocycles. The van der Waals surface area contributed by atoms with E-state index in [1.165, 1.54) is 12.1 Å². The number of benzene rings is 1. The Morgan fingerprint density at radius 3 is 2.62 bits per heavy atom. The topological polar surface area (TPSA) is 42.4 Å². The first kappa shape index (κ1) is 17.8. The molecule has 0 aliphatic rings. The molecule has 0 bridgehead atoms. The largest absolute Gasteiger partial charge is 0.383 e. The van der Waals surface area contributed by atoms with Gasteiger partial charge in [0, 0.05) is 25.9 Å². The van der Waals surface area contributed by atoms with Gasteiger partial charge >= 0.3 is 0 Å². The third-order valence-electron chi connectivity index (χ3n) is 3.60. The van der Waals surface area contributed by atoms with E-state index in [2.05, 4.69) is 4.98 Å². The van der Waals surface area contributed by atoms with Crippen LogP contribution in [-0.4, -0.2) is 36.1 Å². The Bertz CT molecular complexity index is 684. The molecule has 4 nitrogen and oxygen atoms in total. The lowest BCUT2D eigenvalue weighted by atomic mass is 10.1. The first-order valence-electron chi connectivity index (χ1n) is 7.72. The summed E-state index contributed by atoms with van der Waals surface area (Å²) in [5.41, 5.74) is 2.41. The molecule has 0 spiro atoms. The second kappa shape index (κ2) is 8.93. The first-order valence-corrected chi connectivity index (χ1v) is 7.72. The summed E-state index contributed by atoms with van der Waals surface area (Å²) in [5, 5.41) is 0. The third kappa shape index (κ3) is 5.28. The van der Waals surface area contributed by atoms with Gasteiger partial charge in [-0.15, -0.1) is 0 Å². The Morgan fingerprint density at radius 1 is 1.25 bits per heavy atom. The number of ether oxygens (including phenoxy) is 1. The van der Waals surface area contributed by atoms with Crippen molar-refractivity contribution in [2.75, 3.05) is 20.3 Å². The lowest BCUT2D eigenvalue weighted by Gasteiger charge is -2.21. The standard InChI is InChI=1S/C19H21FN2O2/c1-15(16-6-8-17(20)9-7-16)13-19(23)22(11-12-24-2)14-18-5-3-4-10-21-18/h3-10,13H,11-12,14H2,1-2H3. The molecular weight excluding hydrogens is 307 g/mol. The third-order valence-corrected chi connectivity index (χ3v) is 3.60. The van der Waals surface area contributed by atoms with Crippen molar-refractivity contribution < 1.29 is 13.9 Å². The van der Waals surface area contributed by atoms with Crippen molar-refractivity contribution in [3.05, 3.63) is 71.8 Å². The summed E-state index contributed by atoms with van der Waals surface area (Å²) in [7, 11) is 1.60. The fourth-order valence-electron chi connectivity index (χ4n) is 2.23. The second-order valence-corrected chi connectivity index (χ2v) is 5.41. The molecule has 1 amide bonds.